The molecular formula is C8H11FO2. The van der Waals surface area contributed by atoms with Crippen molar-refractivity contribution in [2.45, 2.75) is 19.0 Å². The van der Waals surface area contributed by atoms with Gasteiger partial charge in [-0.25, -0.2) is 9.18 Å². The monoisotopic (exact) mass is 158 g/mol. The maximum absolute atomic E-state index is 13.0. The third kappa shape index (κ3) is 1.79. The molecule has 0 aromatic rings. The second-order valence-corrected chi connectivity index (χ2v) is 2.59. The minimum atomic E-state index is -1.47. The van der Waals surface area contributed by atoms with Gasteiger partial charge >= 0.3 is 5.97 Å². The molecule has 1 rings (SSSR count). The van der Waals surface area contributed by atoms with E-state index in [1.165, 1.54) is 7.11 Å². The number of hydrogen-bond donors (Lipinski definition) is 0. The van der Waals surface area contributed by atoms with Crippen LogP contribution in [0.2, 0.25) is 0 Å². The molecule has 3 heteroatoms. The Hall–Kier alpha value is -0.860. The average Bonchev–Trinajstić information content (AvgIpc) is 2.53. The van der Waals surface area contributed by atoms with Crippen LogP contribution in [0.25, 0.3) is 0 Å². The minimum Gasteiger partial charge on any atom is -0.467 e. The van der Waals surface area contributed by atoms with Crippen LogP contribution in [0.1, 0.15) is 12.8 Å². The molecule has 0 heterocycles. The molecule has 2 nitrogen and oxygen atoms in total. The van der Waals surface area contributed by atoms with Gasteiger partial charge in [0.15, 0.2) is 0 Å². The van der Waals surface area contributed by atoms with E-state index in [1.807, 2.05) is 6.08 Å². The number of hydrogen-bond acceptors (Lipinski definition) is 2. The number of carbonyl (C=O) groups excluding carboxylic acids is 1. The number of ether oxygens (including phenoxy) is 1. The molecule has 0 aromatic heterocycles. The van der Waals surface area contributed by atoms with Gasteiger partial charge in [0, 0.05) is 5.92 Å². The third-order valence-electron chi connectivity index (χ3n) is 1.85. The molecule has 0 fully saturated rings. The number of allylic oxidation sites excluding steroid dienone is 2. The SMILES string of the molecule is COC(=O)C(F)[C@@H]1C=CCC1. The van der Waals surface area contributed by atoms with Crippen LogP contribution in [0.5, 0.6) is 0 Å². The Labute approximate surface area is 65.0 Å². The summed E-state index contributed by atoms with van der Waals surface area (Å²) in [6.45, 7) is 0. The Bertz CT molecular complexity index is 177. The van der Waals surface area contributed by atoms with E-state index in [1.54, 1.807) is 6.08 Å². The van der Waals surface area contributed by atoms with Crippen molar-refractivity contribution in [1.29, 1.82) is 0 Å². The maximum Gasteiger partial charge on any atom is 0.341 e. The van der Waals surface area contributed by atoms with Gasteiger partial charge in [0.1, 0.15) is 0 Å². The van der Waals surface area contributed by atoms with Crippen molar-refractivity contribution in [1.82, 2.24) is 0 Å². The van der Waals surface area contributed by atoms with Crippen molar-refractivity contribution in [2.24, 2.45) is 5.92 Å². The number of methoxy groups -OCH3 is 1. The fourth-order valence-electron chi connectivity index (χ4n) is 1.19. The van der Waals surface area contributed by atoms with Crippen LogP contribution in [-0.4, -0.2) is 19.3 Å². The molecular weight excluding hydrogens is 147 g/mol. The molecule has 0 aromatic carbocycles. The summed E-state index contributed by atoms with van der Waals surface area (Å²) in [5, 5.41) is 0. The van der Waals surface area contributed by atoms with Gasteiger partial charge in [-0.05, 0) is 12.8 Å². The Morgan fingerprint density at radius 3 is 3.00 bits per heavy atom. The molecule has 62 valence electrons. The van der Waals surface area contributed by atoms with E-state index < -0.39 is 12.1 Å². The zero-order chi connectivity index (χ0) is 8.27. The lowest BCUT2D eigenvalue weighted by molar-refractivity contribution is -0.147. The number of carbonyl (C=O) groups is 1. The lowest BCUT2D eigenvalue weighted by Crippen LogP contribution is -2.24. The highest BCUT2D eigenvalue weighted by atomic mass is 19.1. The second-order valence-electron chi connectivity index (χ2n) is 2.59. The van der Waals surface area contributed by atoms with Gasteiger partial charge in [0.2, 0.25) is 6.17 Å². The van der Waals surface area contributed by atoms with Gasteiger partial charge in [0.25, 0.3) is 0 Å². The predicted octanol–water partition coefficient (Wildman–Crippen LogP) is 1.46. The van der Waals surface area contributed by atoms with Crippen molar-refractivity contribution in [3.05, 3.63) is 12.2 Å². The van der Waals surface area contributed by atoms with Gasteiger partial charge < -0.3 is 4.74 Å². The van der Waals surface area contributed by atoms with E-state index >= 15 is 0 Å². The average molecular weight is 158 g/mol. The van der Waals surface area contributed by atoms with Crippen LogP contribution in [0.3, 0.4) is 0 Å². The van der Waals surface area contributed by atoms with Crippen molar-refractivity contribution in [3.63, 3.8) is 0 Å². The smallest absolute Gasteiger partial charge is 0.341 e. The first-order valence-corrected chi connectivity index (χ1v) is 3.64. The van der Waals surface area contributed by atoms with Crippen LogP contribution >= 0.6 is 0 Å². The minimum absolute atomic E-state index is 0.262. The molecule has 11 heavy (non-hydrogen) atoms. The van der Waals surface area contributed by atoms with E-state index in [9.17, 15) is 9.18 Å². The number of alkyl halides is 1. The molecule has 2 atom stereocenters. The van der Waals surface area contributed by atoms with Crippen LogP contribution in [-0.2, 0) is 9.53 Å². The lowest BCUT2D eigenvalue weighted by Gasteiger charge is -2.10. The van der Waals surface area contributed by atoms with Gasteiger partial charge in [-0.2, -0.15) is 0 Å². The first-order chi connectivity index (χ1) is 5.25. The van der Waals surface area contributed by atoms with Crippen LogP contribution < -0.4 is 0 Å². The number of rotatable bonds is 2. The summed E-state index contributed by atoms with van der Waals surface area (Å²) in [4.78, 5) is 10.7. The standard InChI is InChI=1S/C8H11FO2/c1-11-8(10)7(9)6-4-2-3-5-6/h2,4,6-7H,3,5H2,1H3/t6-,7?/m1/s1. The first kappa shape index (κ1) is 8.24. The Balaban J connectivity index is 2.46. The quantitative estimate of drug-likeness (QED) is 0.449. The summed E-state index contributed by atoms with van der Waals surface area (Å²) in [5.74, 6) is -1.02. The second kappa shape index (κ2) is 3.51. The van der Waals surface area contributed by atoms with Crippen molar-refractivity contribution in [2.75, 3.05) is 7.11 Å². The van der Waals surface area contributed by atoms with Crippen LogP contribution in [0.4, 0.5) is 4.39 Å². The molecule has 0 bridgehead atoms. The highest BCUT2D eigenvalue weighted by Gasteiger charge is 2.28. The number of halogens is 1. The Morgan fingerprint density at radius 2 is 2.55 bits per heavy atom. The molecule has 0 aliphatic heterocycles. The highest BCUT2D eigenvalue weighted by Crippen LogP contribution is 2.23. The molecule has 0 saturated heterocycles. The maximum atomic E-state index is 13.0. The van der Waals surface area contributed by atoms with Gasteiger partial charge in [0.05, 0.1) is 7.11 Å². The fraction of sp³-hybridized carbons (Fsp3) is 0.625. The Morgan fingerprint density at radius 1 is 1.82 bits per heavy atom. The zero-order valence-corrected chi connectivity index (χ0v) is 6.42. The van der Waals surface area contributed by atoms with E-state index in [0.717, 1.165) is 12.8 Å². The van der Waals surface area contributed by atoms with Crippen molar-refractivity contribution < 1.29 is 13.9 Å². The first-order valence-electron chi connectivity index (χ1n) is 3.64. The summed E-state index contributed by atoms with van der Waals surface area (Å²) in [6.07, 6.45) is 3.74. The lowest BCUT2D eigenvalue weighted by atomic mass is 10.0. The summed E-state index contributed by atoms with van der Waals surface area (Å²) in [6, 6.07) is 0. The summed E-state index contributed by atoms with van der Waals surface area (Å²) in [7, 11) is 1.20. The van der Waals surface area contributed by atoms with Gasteiger partial charge in [-0.1, -0.05) is 12.2 Å². The topological polar surface area (TPSA) is 26.3 Å². The van der Waals surface area contributed by atoms with E-state index in [4.69, 9.17) is 0 Å². The highest BCUT2D eigenvalue weighted by molar-refractivity contribution is 5.75. The molecule has 0 spiro atoms. The fourth-order valence-corrected chi connectivity index (χ4v) is 1.19. The zero-order valence-electron chi connectivity index (χ0n) is 6.42. The van der Waals surface area contributed by atoms with Crippen LogP contribution in [0.15, 0.2) is 12.2 Å². The summed E-state index contributed by atoms with van der Waals surface area (Å²) >= 11 is 0. The van der Waals surface area contributed by atoms with E-state index in [-0.39, 0.29) is 5.92 Å². The Kier molecular flexibility index (Phi) is 2.63. The summed E-state index contributed by atoms with van der Waals surface area (Å²) < 4.78 is 17.3. The predicted molar refractivity (Wildman–Crippen MR) is 38.8 cm³/mol. The van der Waals surface area contributed by atoms with E-state index in [2.05, 4.69) is 4.74 Å². The van der Waals surface area contributed by atoms with E-state index in [0.29, 0.717) is 0 Å². The molecule has 1 aliphatic carbocycles. The molecule has 1 aliphatic rings. The largest absolute Gasteiger partial charge is 0.467 e. The molecule has 1 unspecified atom stereocenters. The molecule has 0 radical (unpaired) electrons. The van der Waals surface area contributed by atoms with Crippen molar-refractivity contribution in [3.8, 4) is 0 Å². The molecule has 0 amide bonds. The van der Waals surface area contributed by atoms with Crippen LogP contribution in [0, 0.1) is 5.92 Å². The molecule has 0 saturated carbocycles. The molecule has 0 N–H and O–H groups in total. The summed E-state index contributed by atoms with van der Waals surface area (Å²) in [5.41, 5.74) is 0. The van der Waals surface area contributed by atoms with Gasteiger partial charge in [-0.3, -0.25) is 0 Å². The number of esters is 1. The third-order valence-corrected chi connectivity index (χ3v) is 1.85. The van der Waals surface area contributed by atoms with Gasteiger partial charge in [-0.15, -0.1) is 0 Å². The normalized spacial score (nSPS) is 25.1. The van der Waals surface area contributed by atoms with Crippen molar-refractivity contribution >= 4 is 5.97 Å².